The van der Waals surface area contributed by atoms with E-state index < -0.39 is 10.1 Å². The van der Waals surface area contributed by atoms with Gasteiger partial charge in [0.15, 0.2) is 0 Å². The first-order valence-electron chi connectivity index (χ1n) is 9.83. The van der Waals surface area contributed by atoms with E-state index >= 15 is 0 Å². The second-order valence-electron chi connectivity index (χ2n) is 7.11. The first-order valence-corrected chi connectivity index (χ1v) is 11.7. The van der Waals surface area contributed by atoms with Gasteiger partial charge in [-0.25, -0.2) is 0 Å². The molecule has 1 aromatic heterocycles. The summed E-state index contributed by atoms with van der Waals surface area (Å²) in [5, 5.41) is 20.4. The van der Waals surface area contributed by atoms with Gasteiger partial charge in [-0.2, -0.15) is 13.5 Å². The number of nitro groups is 1. The molecule has 3 aromatic rings. The van der Waals surface area contributed by atoms with Crippen LogP contribution in [0.2, 0.25) is 0 Å². The fourth-order valence-corrected chi connectivity index (χ4v) is 3.61. The Morgan fingerprint density at radius 1 is 1.19 bits per heavy atom. The quantitative estimate of drug-likeness (QED) is 0.261. The molecule has 0 aliphatic carbocycles. The number of nitrogens with one attached hydrogen (secondary N) is 1. The Labute approximate surface area is 180 Å². The highest BCUT2D eigenvalue weighted by molar-refractivity contribution is 7.85. The smallest absolute Gasteiger partial charge is 0.293 e. The van der Waals surface area contributed by atoms with E-state index in [0.717, 1.165) is 54.0 Å². The largest absolute Gasteiger partial charge is 0.349 e. The minimum Gasteiger partial charge on any atom is -0.349 e. The van der Waals surface area contributed by atoms with Crippen molar-refractivity contribution in [1.29, 1.82) is 0 Å². The summed E-state index contributed by atoms with van der Waals surface area (Å²) < 4.78 is 27.8. The van der Waals surface area contributed by atoms with Gasteiger partial charge < -0.3 is 10.2 Å². The van der Waals surface area contributed by atoms with Crippen molar-refractivity contribution in [2.24, 2.45) is 0 Å². The number of benzene rings is 2. The predicted octanol–water partition coefficient (Wildman–Crippen LogP) is 3.51. The van der Waals surface area contributed by atoms with E-state index in [0.29, 0.717) is 11.9 Å². The van der Waals surface area contributed by atoms with Gasteiger partial charge in [0.2, 0.25) is 0 Å². The van der Waals surface area contributed by atoms with Crippen molar-refractivity contribution in [1.82, 2.24) is 14.7 Å². The molecule has 0 saturated carbocycles. The Morgan fingerprint density at radius 2 is 1.84 bits per heavy atom. The van der Waals surface area contributed by atoms with Crippen LogP contribution in [0.5, 0.6) is 0 Å². The Kier molecular flexibility index (Phi) is 6.58. The molecule has 0 amide bonds. The summed E-state index contributed by atoms with van der Waals surface area (Å²) in [7, 11) is -3.67. The number of nitro benzene ring substituents is 1. The number of hydrogen-bond acceptors (Lipinski definition) is 7. The lowest BCUT2D eigenvalue weighted by Crippen LogP contribution is -2.27. The molecule has 0 bridgehead atoms. The van der Waals surface area contributed by atoms with Crippen LogP contribution in [0.15, 0.2) is 36.4 Å². The van der Waals surface area contributed by atoms with Gasteiger partial charge in [-0.1, -0.05) is 32.0 Å². The average Bonchev–Trinajstić information content (AvgIpc) is 3.08. The highest BCUT2D eigenvalue weighted by Gasteiger charge is 2.28. The Balaban J connectivity index is 0.000000491. The van der Waals surface area contributed by atoms with Crippen LogP contribution >= 0.6 is 0 Å². The first-order chi connectivity index (χ1) is 14.6. The molecular formula is C20H25N5O5S. The first kappa shape index (κ1) is 22.7. The molecule has 0 spiro atoms. The van der Waals surface area contributed by atoms with E-state index in [9.17, 15) is 18.5 Å². The Morgan fingerprint density at radius 3 is 2.45 bits per heavy atom. The topological polar surface area (TPSA) is 131 Å². The van der Waals surface area contributed by atoms with Crippen molar-refractivity contribution >= 4 is 38.1 Å². The SMILES string of the molecule is CCN(CC)CCn1nc2c3c(c([N+](=O)[O-])ccc31)Nc1ccccc1-2.CS(=O)(=O)O. The standard InChI is InChI=1S/C19H21N5O2.CH4O3S/c1-3-22(4-2)11-12-23-15-9-10-16(24(25)26)19-17(15)18(21-23)13-7-5-6-8-14(13)20-19;1-5(2,3)4/h5-10,20H,3-4,11-12H2,1-2H3;1H3,(H,2,3,4). The maximum Gasteiger partial charge on any atom is 0.293 e. The zero-order valence-electron chi connectivity index (χ0n) is 17.6. The molecule has 11 heteroatoms. The number of nitrogens with zero attached hydrogens (tertiary/aromatic N) is 4. The van der Waals surface area contributed by atoms with Gasteiger partial charge in [0.25, 0.3) is 15.8 Å². The van der Waals surface area contributed by atoms with Gasteiger partial charge >= 0.3 is 0 Å². The van der Waals surface area contributed by atoms with Crippen LogP contribution in [0.4, 0.5) is 17.1 Å². The summed E-state index contributed by atoms with van der Waals surface area (Å²) in [6.07, 6.45) is 0.715. The summed E-state index contributed by atoms with van der Waals surface area (Å²) in [6, 6.07) is 11.2. The van der Waals surface area contributed by atoms with Crippen LogP contribution in [0.3, 0.4) is 0 Å². The van der Waals surface area contributed by atoms with Crippen molar-refractivity contribution < 1.29 is 17.9 Å². The molecule has 166 valence electrons. The van der Waals surface area contributed by atoms with E-state index in [4.69, 9.17) is 9.65 Å². The molecule has 0 fully saturated rings. The predicted molar refractivity (Wildman–Crippen MR) is 120 cm³/mol. The summed E-state index contributed by atoms with van der Waals surface area (Å²) in [5.41, 5.74) is 4.19. The normalized spacial score (nSPS) is 12.2. The molecule has 0 atom stereocenters. The van der Waals surface area contributed by atoms with Crippen LogP contribution in [0.25, 0.3) is 22.2 Å². The van der Waals surface area contributed by atoms with Crippen molar-refractivity contribution in [3.63, 3.8) is 0 Å². The molecular weight excluding hydrogens is 422 g/mol. The maximum absolute atomic E-state index is 11.5. The number of anilines is 2. The van der Waals surface area contributed by atoms with Gasteiger partial charge in [0, 0.05) is 23.9 Å². The van der Waals surface area contributed by atoms with E-state index in [1.54, 1.807) is 6.07 Å². The van der Waals surface area contributed by atoms with Crippen LogP contribution in [-0.2, 0) is 16.7 Å². The molecule has 4 rings (SSSR count). The molecule has 0 unspecified atom stereocenters. The van der Waals surface area contributed by atoms with Crippen molar-refractivity contribution in [3.8, 4) is 11.3 Å². The maximum atomic E-state index is 11.5. The molecule has 2 heterocycles. The molecule has 1 aliphatic heterocycles. The summed E-state index contributed by atoms with van der Waals surface area (Å²) >= 11 is 0. The van der Waals surface area contributed by atoms with E-state index in [-0.39, 0.29) is 10.6 Å². The van der Waals surface area contributed by atoms with Gasteiger partial charge in [0.1, 0.15) is 11.4 Å². The van der Waals surface area contributed by atoms with Crippen molar-refractivity contribution in [2.45, 2.75) is 20.4 Å². The third-order valence-electron chi connectivity index (χ3n) is 5.06. The third kappa shape index (κ3) is 5.01. The fourth-order valence-electron chi connectivity index (χ4n) is 3.61. The monoisotopic (exact) mass is 447 g/mol. The third-order valence-corrected chi connectivity index (χ3v) is 5.06. The number of para-hydroxylation sites is 1. The van der Waals surface area contributed by atoms with Gasteiger partial charge in [-0.3, -0.25) is 19.3 Å². The minimum absolute atomic E-state index is 0.0801. The number of likely N-dealkylation sites (N-methyl/N-ethyl adjacent to an activating group) is 1. The van der Waals surface area contributed by atoms with E-state index in [1.165, 1.54) is 0 Å². The fraction of sp³-hybridized carbons (Fsp3) is 0.350. The molecule has 10 nitrogen and oxygen atoms in total. The van der Waals surface area contributed by atoms with Crippen molar-refractivity contribution in [3.05, 3.63) is 46.5 Å². The molecule has 1 aliphatic rings. The zero-order chi connectivity index (χ0) is 22.8. The summed E-state index contributed by atoms with van der Waals surface area (Å²) in [6.45, 7) is 7.91. The summed E-state index contributed by atoms with van der Waals surface area (Å²) in [4.78, 5) is 13.5. The Bertz CT molecular complexity index is 1210. The highest BCUT2D eigenvalue weighted by atomic mass is 32.2. The lowest BCUT2D eigenvalue weighted by Gasteiger charge is -2.18. The second-order valence-corrected chi connectivity index (χ2v) is 8.58. The number of fused-ring (bicyclic) bond motifs is 2. The van der Waals surface area contributed by atoms with E-state index in [2.05, 4.69) is 24.1 Å². The van der Waals surface area contributed by atoms with Gasteiger partial charge in [-0.15, -0.1) is 0 Å². The zero-order valence-corrected chi connectivity index (χ0v) is 18.4. The van der Waals surface area contributed by atoms with Crippen LogP contribution in [0, 0.1) is 10.1 Å². The highest BCUT2D eigenvalue weighted by Crippen LogP contribution is 2.46. The number of rotatable bonds is 6. The molecule has 2 aromatic carbocycles. The van der Waals surface area contributed by atoms with Crippen LogP contribution in [0.1, 0.15) is 13.8 Å². The number of aromatic nitrogens is 2. The average molecular weight is 448 g/mol. The second kappa shape index (κ2) is 9.00. The number of hydrogen-bond donors (Lipinski definition) is 2. The molecule has 0 radical (unpaired) electrons. The van der Waals surface area contributed by atoms with Gasteiger partial charge in [-0.05, 0) is 25.2 Å². The van der Waals surface area contributed by atoms with E-state index in [1.807, 2.05) is 35.0 Å². The molecule has 2 N–H and O–H groups in total. The minimum atomic E-state index is -3.67. The van der Waals surface area contributed by atoms with Crippen LogP contribution < -0.4 is 5.32 Å². The van der Waals surface area contributed by atoms with Gasteiger partial charge in [0.05, 0.1) is 28.6 Å². The van der Waals surface area contributed by atoms with Crippen molar-refractivity contribution in [2.75, 3.05) is 31.2 Å². The molecule has 31 heavy (non-hydrogen) atoms. The molecule has 0 saturated heterocycles. The summed E-state index contributed by atoms with van der Waals surface area (Å²) in [5.74, 6) is 0. The lowest BCUT2D eigenvalue weighted by atomic mass is 9.99. The van der Waals surface area contributed by atoms with Crippen LogP contribution in [-0.4, -0.2) is 58.5 Å². The lowest BCUT2D eigenvalue weighted by molar-refractivity contribution is -0.383. The Hall–Kier alpha value is -3.02.